The largest absolute Gasteiger partial charge is 0.396 e. The van der Waals surface area contributed by atoms with Crippen LogP contribution in [0.3, 0.4) is 0 Å². The maximum absolute atomic E-state index is 12.4. The molecule has 3 heteroatoms. The number of hydrogen-bond donors (Lipinski definition) is 1. The summed E-state index contributed by atoms with van der Waals surface area (Å²) in [5.41, 5.74) is 6.48. The highest BCUT2D eigenvalue weighted by atomic mass is 16.1. The first kappa shape index (κ1) is 14.5. The standard InChI is InChI=1S/C19H27NO2/c1-18-8-7-14-12(13(18)5-6-17(18)22)4-3-11-9-16(21)15(20)10-19(11,14)2/h10-14H,3-9,20H2,1-2H3/t11-,12-,13-,14-,18-,19-/m0/s1. The molecule has 0 spiro atoms. The molecule has 0 aromatic heterocycles. The van der Waals surface area contributed by atoms with Gasteiger partial charge in [0.15, 0.2) is 5.78 Å². The summed E-state index contributed by atoms with van der Waals surface area (Å²) >= 11 is 0. The maximum atomic E-state index is 12.4. The quantitative estimate of drug-likeness (QED) is 0.747. The molecule has 0 heterocycles. The second kappa shape index (κ2) is 4.46. The van der Waals surface area contributed by atoms with Gasteiger partial charge in [-0.1, -0.05) is 19.9 Å². The predicted molar refractivity (Wildman–Crippen MR) is 84.8 cm³/mol. The minimum atomic E-state index is -0.0654. The zero-order valence-electron chi connectivity index (χ0n) is 13.7. The molecule has 4 aliphatic carbocycles. The van der Waals surface area contributed by atoms with E-state index in [0.717, 1.165) is 32.1 Å². The van der Waals surface area contributed by atoms with Crippen LogP contribution >= 0.6 is 0 Å². The third kappa shape index (κ3) is 1.68. The SMILES string of the molecule is C[C@]12C=C(N)C(=O)C[C@@H]1CC[C@@H]1[C@@H]2CC[C@]2(C)C(=O)CC[C@@H]12. The number of fused-ring (bicyclic) bond motifs is 5. The average Bonchev–Trinajstić information content (AvgIpc) is 2.77. The van der Waals surface area contributed by atoms with Crippen molar-refractivity contribution in [2.75, 3.05) is 0 Å². The molecule has 3 nitrogen and oxygen atoms in total. The molecule has 3 fully saturated rings. The van der Waals surface area contributed by atoms with E-state index >= 15 is 0 Å². The summed E-state index contributed by atoms with van der Waals surface area (Å²) in [5, 5.41) is 0. The number of nitrogens with two attached hydrogens (primary N) is 1. The van der Waals surface area contributed by atoms with Crippen LogP contribution in [0.15, 0.2) is 11.8 Å². The van der Waals surface area contributed by atoms with E-state index in [1.54, 1.807) is 0 Å². The van der Waals surface area contributed by atoms with Gasteiger partial charge in [0.25, 0.3) is 0 Å². The van der Waals surface area contributed by atoms with Crippen molar-refractivity contribution in [3.63, 3.8) is 0 Å². The van der Waals surface area contributed by atoms with E-state index in [1.165, 1.54) is 6.42 Å². The van der Waals surface area contributed by atoms with Crippen molar-refractivity contribution in [2.24, 2.45) is 40.2 Å². The maximum Gasteiger partial charge on any atom is 0.178 e. The highest BCUT2D eigenvalue weighted by Gasteiger charge is 2.59. The first-order chi connectivity index (χ1) is 10.4. The van der Waals surface area contributed by atoms with Gasteiger partial charge < -0.3 is 5.73 Å². The van der Waals surface area contributed by atoms with Crippen LogP contribution in [-0.4, -0.2) is 11.6 Å². The molecular formula is C19H27NO2. The Morgan fingerprint density at radius 2 is 1.86 bits per heavy atom. The third-order valence-electron chi connectivity index (χ3n) is 7.89. The van der Waals surface area contributed by atoms with Gasteiger partial charge in [0.1, 0.15) is 5.78 Å². The molecule has 0 aliphatic heterocycles. The van der Waals surface area contributed by atoms with Crippen molar-refractivity contribution in [1.82, 2.24) is 0 Å². The van der Waals surface area contributed by atoms with Crippen LogP contribution in [0.1, 0.15) is 58.8 Å². The van der Waals surface area contributed by atoms with Crippen molar-refractivity contribution in [3.8, 4) is 0 Å². The van der Waals surface area contributed by atoms with Crippen molar-refractivity contribution in [1.29, 1.82) is 0 Å². The molecule has 0 saturated heterocycles. The van der Waals surface area contributed by atoms with Crippen molar-refractivity contribution < 1.29 is 9.59 Å². The van der Waals surface area contributed by atoms with E-state index in [0.29, 0.717) is 41.6 Å². The van der Waals surface area contributed by atoms with Crippen LogP contribution in [0.2, 0.25) is 0 Å². The minimum Gasteiger partial charge on any atom is -0.396 e. The summed E-state index contributed by atoms with van der Waals surface area (Å²) in [5.74, 6) is 2.89. The highest BCUT2D eigenvalue weighted by molar-refractivity contribution is 5.95. The molecule has 0 bridgehead atoms. The lowest BCUT2D eigenvalue weighted by Crippen LogP contribution is -2.53. The van der Waals surface area contributed by atoms with Gasteiger partial charge in [0, 0.05) is 18.3 Å². The Labute approximate surface area is 132 Å². The third-order valence-corrected chi connectivity index (χ3v) is 7.89. The first-order valence-electron chi connectivity index (χ1n) is 8.91. The summed E-state index contributed by atoms with van der Waals surface area (Å²) in [6, 6.07) is 0. The molecule has 22 heavy (non-hydrogen) atoms. The smallest absolute Gasteiger partial charge is 0.178 e. The van der Waals surface area contributed by atoms with E-state index in [2.05, 4.69) is 19.9 Å². The highest BCUT2D eigenvalue weighted by Crippen LogP contribution is 2.64. The van der Waals surface area contributed by atoms with Crippen LogP contribution in [0.25, 0.3) is 0 Å². The summed E-state index contributed by atoms with van der Waals surface area (Å²) in [7, 11) is 0. The van der Waals surface area contributed by atoms with Crippen LogP contribution in [0.5, 0.6) is 0 Å². The zero-order valence-corrected chi connectivity index (χ0v) is 13.7. The number of Topliss-reactive ketones (excluding diaryl/α,β-unsaturated/α-hetero) is 2. The van der Waals surface area contributed by atoms with Gasteiger partial charge in [-0.15, -0.1) is 0 Å². The molecule has 0 aromatic carbocycles. The first-order valence-corrected chi connectivity index (χ1v) is 8.91. The van der Waals surface area contributed by atoms with Crippen LogP contribution < -0.4 is 5.73 Å². The molecule has 120 valence electrons. The number of carbonyl (C=O) groups is 2. The molecule has 4 aliphatic rings. The fourth-order valence-electron chi connectivity index (χ4n) is 6.54. The van der Waals surface area contributed by atoms with Gasteiger partial charge in [-0.2, -0.15) is 0 Å². The Bertz CT molecular complexity index is 580. The number of rotatable bonds is 0. The lowest BCUT2D eigenvalue weighted by Gasteiger charge is -2.58. The second-order valence-electron chi connectivity index (χ2n) is 8.66. The van der Waals surface area contributed by atoms with E-state index in [9.17, 15) is 9.59 Å². The van der Waals surface area contributed by atoms with Crippen molar-refractivity contribution in [3.05, 3.63) is 11.8 Å². The molecule has 2 N–H and O–H groups in total. The molecule has 4 rings (SSSR count). The van der Waals surface area contributed by atoms with Gasteiger partial charge in [0.2, 0.25) is 0 Å². The van der Waals surface area contributed by atoms with E-state index < -0.39 is 0 Å². The lowest BCUT2D eigenvalue weighted by atomic mass is 9.46. The lowest BCUT2D eigenvalue weighted by molar-refractivity contribution is -0.135. The molecule has 0 amide bonds. The summed E-state index contributed by atoms with van der Waals surface area (Å²) in [6.45, 7) is 4.54. The summed E-state index contributed by atoms with van der Waals surface area (Å²) in [6.07, 6.45) is 9.04. The number of allylic oxidation sites excluding steroid dienone is 2. The fourth-order valence-corrected chi connectivity index (χ4v) is 6.54. The molecule has 3 saturated carbocycles. The Morgan fingerprint density at radius 1 is 1.09 bits per heavy atom. The van der Waals surface area contributed by atoms with E-state index in [1.807, 2.05) is 0 Å². The summed E-state index contributed by atoms with van der Waals surface area (Å²) < 4.78 is 0. The number of carbonyl (C=O) groups excluding carboxylic acids is 2. The Hall–Kier alpha value is -1.12. The monoisotopic (exact) mass is 301 g/mol. The normalized spacial score (nSPS) is 50.9. The molecule has 0 radical (unpaired) electrons. The fraction of sp³-hybridized carbons (Fsp3) is 0.789. The molecule has 0 aromatic rings. The van der Waals surface area contributed by atoms with Crippen molar-refractivity contribution in [2.45, 2.75) is 58.8 Å². The number of ketones is 2. The van der Waals surface area contributed by atoms with Crippen LogP contribution in [-0.2, 0) is 9.59 Å². The Morgan fingerprint density at radius 3 is 2.64 bits per heavy atom. The van der Waals surface area contributed by atoms with E-state index in [4.69, 9.17) is 5.73 Å². The van der Waals surface area contributed by atoms with Crippen LogP contribution in [0, 0.1) is 34.5 Å². The number of hydrogen-bond acceptors (Lipinski definition) is 3. The predicted octanol–water partition coefficient (Wildman–Crippen LogP) is 3.23. The van der Waals surface area contributed by atoms with Gasteiger partial charge in [-0.3, -0.25) is 9.59 Å². The van der Waals surface area contributed by atoms with Crippen molar-refractivity contribution >= 4 is 11.6 Å². The van der Waals surface area contributed by atoms with Gasteiger partial charge in [-0.25, -0.2) is 0 Å². The molecule has 0 unspecified atom stereocenters. The van der Waals surface area contributed by atoms with Gasteiger partial charge in [0.05, 0.1) is 5.70 Å². The topological polar surface area (TPSA) is 60.2 Å². The Kier molecular flexibility index (Phi) is 2.93. The summed E-state index contributed by atoms with van der Waals surface area (Å²) in [4.78, 5) is 24.4. The van der Waals surface area contributed by atoms with Gasteiger partial charge >= 0.3 is 0 Å². The van der Waals surface area contributed by atoms with E-state index in [-0.39, 0.29) is 16.6 Å². The Balaban J connectivity index is 1.72. The minimum absolute atomic E-state index is 0.0634. The average molecular weight is 301 g/mol. The van der Waals surface area contributed by atoms with Crippen LogP contribution in [0.4, 0.5) is 0 Å². The molecule has 6 atom stereocenters. The second-order valence-corrected chi connectivity index (χ2v) is 8.66. The zero-order chi connectivity index (χ0) is 15.7. The molecular weight excluding hydrogens is 274 g/mol. The van der Waals surface area contributed by atoms with Gasteiger partial charge in [-0.05, 0) is 61.2 Å².